The standard InChI is InChI=1S/C31H36FNO6S/c1-2-37-29(30(34)35)22-24-12-16-27(17-13-24)38-20-19-33(18-6-7-21-40-28-8-4-3-5-9-28)31(36)39-23-25-10-14-26(32)15-11-25/h3-5,8-17,29H,2,6-7,18-23H2,1H3,(H,34,35). The highest BCUT2D eigenvalue weighted by molar-refractivity contribution is 7.99. The molecule has 0 spiro atoms. The van der Waals surface area contributed by atoms with Gasteiger partial charge in [-0.15, -0.1) is 11.8 Å². The molecule has 3 rings (SSSR count). The summed E-state index contributed by atoms with van der Waals surface area (Å²) >= 11 is 1.78. The Morgan fingerprint density at radius 1 is 0.925 bits per heavy atom. The van der Waals surface area contributed by atoms with Gasteiger partial charge in [-0.05, 0) is 73.0 Å². The second-order valence-corrected chi connectivity index (χ2v) is 10.2. The molecule has 0 heterocycles. The third-order valence-corrected chi connectivity index (χ3v) is 7.08. The molecular weight excluding hydrogens is 533 g/mol. The zero-order valence-electron chi connectivity index (χ0n) is 22.7. The van der Waals surface area contributed by atoms with Crippen molar-refractivity contribution in [3.63, 3.8) is 0 Å². The van der Waals surface area contributed by atoms with Crippen molar-refractivity contribution in [3.8, 4) is 5.75 Å². The van der Waals surface area contributed by atoms with Gasteiger partial charge in [0.2, 0.25) is 0 Å². The number of carboxylic acid groups (broad SMARTS) is 1. The third kappa shape index (κ3) is 11.3. The number of halogens is 1. The average Bonchev–Trinajstić information content (AvgIpc) is 2.96. The summed E-state index contributed by atoms with van der Waals surface area (Å²) in [5, 5.41) is 9.28. The maximum absolute atomic E-state index is 13.2. The molecule has 1 atom stereocenters. The molecule has 3 aromatic rings. The highest BCUT2D eigenvalue weighted by Gasteiger charge is 2.18. The quantitative estimate of drug-likeness (QED) is 0.148. The first kappa shape index (κ1) is 31.0. The number of benzene rings is 3. The Balaban J connectivity index is 1.49. The number of hydrogen-bond acceptors (Lipinski definition) is 6. The van der Waals surface area contributed by atoms with Crippen LogP contribution in [-0.2, 0) is 27.3 Å². The van der Waals surface area contributed by atoms with Gasteiger partial charge >= 0.3 is 12.1 Å². The molecule has 0 radical (unpaired) electrons. The molecule has 0 saturated carbocycles. The number of unbranched alkanes of at least 4 members (excludes halogenated alkanes) is 1. The van der Waals surface area contributed by atoms with E-state index in [-0.39, 0.29) is 25.5 Å². The van der Waals surface area contributed by atoms with Crippen LogP contribution in [0.3, 0.4) is 0 Å². The molecule has 0 fully saturated rings. The average molecular weight is 570 g/mol. The van der Waals surface area contributed by atoms with Gasteiger partial charge < -0.3 is 24.2 Å². The van der Waals surface area contributed by atoms with Crippen LogP contribution >= 0.6 is 11.8 Å². The zero-order valence-corrected chi connectivity index (χ0v) is 23.5. The lowest BCUT2D eigenvalue weighted by Gasteiger charge is -2.22. The molecule has 7 nitrogen and oxygen atoms in total. The van der Waals surface area contributed by atoms with E-state index in [1.165, 1.54) is 17.0 Å². The first-order valence-electron chi connectivity index (χ1n) is 13.3. The van der Waals surface area contributed by atoms with Crippen molar-refractivity contribution in [2.45, 2.75) is 43.8 Å². The fourth-order valence-electron chi connectivity index (χ4n) is 3.85. The van der Waals surface area contributed by atoms with Crippen molar-refractivity contribution in [1.29, 1.82) is 0 Å². The predicted octanol–water partition coefficient (Wildman–Crippen LogP) is 6.45. The molecule has 0 bridgehead atoms. The molecule has 0 aliphatic carbocycles. The lowest BCUT2D eigenvalue weighted by atomic mass is 10.1. The maximum Gasteiger partial charge on any atom is 0.410 e. The Labute approximate surface area is 239 Å². The minimum absolute atomic E-state index is 0.0564. The van der Waals surface area contributed by atoms with Crippen LogP contribution in [0.4, 0.5) is 9.18 Å². The summed E-state index contributed by atoms with van der Waals surface area (Å²) in [4.78, 5) is 27.1. The number of thioether (sulfide) groups is 1. The number of carbonyl (C=O) groups excluding carboxylic acids is 1. The first-order chi connectivity index (χ1) is 19.4. The Bertz CT molecular complexity index is 1160. The number of amides is 1. The molecule has 1 unspecified atom stereocenters. The summed E-state index contributed by atoms with van der Waals surface area (Å²) in [6, 6.07) is 23.2. The predicted molar refractivity (Wildman–Crippen MR) is 153 cm³/mol. The largest absolute Gasteiger partial charge is 0.492 e. The van der Waals surface area contributed by atoms with Crippen LogP contribution in [0.5, 0.6) is 5.75 Å². The van der Waals surface area contributed by atoms with Crippen LogP contribution in [0.15, 0.2) is 83.8 Å². The smallest absolute Gasteiger partial charge is 0.410 e. The second kappa shape index (κ2) is 17.2. The summed E-state index contributed by atoms with van der Waals surface area (Å²) in [7, 11) is 0. The van der Waals surface area contributed by atoms with Gasteiger partial charge in [-0.25, -0.2) is 14.0 Å². The SMILES string of the molecule is CCOC(Cc1ccc(OCCN(CCCCSc2ccccc2)C(=O)OCc2ccc(F)cc2)cc1)C(=O)O. The Hall–Kier alpha value is -3.56. The molecule has 9 heteroatoms. The van der Waals surface area contributed by atoms with Gasteiger partial charge in [0.1, 0.15) is 24.8 Å². The van der Waals surface area contributed by atoms with Crippen molar-refractivity contribution in [3.05, 3.63) is 95.8 Å². The zero-order chi connectivity index (χ0) is 28.6. The van der Waals surface area contributed by atoms with Crippen molar-refractivity contribution in [2.24, 2.45) is 0 Å². The number of aliphatic carboxylic acids is 1. The van der Waals surface area contributed by atoms with Gasteiger partial charge in [0.15, 0.2) is 6.10 Å². The van der Waals surface area contributed by atoms with Gasteiger partial charge in [0.25, 0.3) is 0 Å². The summed E-state index contributed by atoms with van der Waals surface area (Å²) in [6.45, 7) is 3.27. The van der Waals surface area contributed by atoms with Gasteiger partial charge in [-0.1, -0.05) is 42.5 Å². The highest BCUT2D eigenvalue weighted by Crippen LogP contribution is 2.19. The Morgan fingerprint density at radius 3 is 2.30 bits per heavy atom. The van der Waals surface area contributed by atoms with E-state index in [4.69, 9.17) is 14.2 Å². The van der Waals surface area contributed by atoms with Crippen LogP contribution in [0.1, 0.15) is 30.9 Å². The minimum Gasteiger partial charge on any atom is -0.492 e. The first-order valence-corrected chi connectivity index (χ1v) is 14.3. The van der Waals surface area contributed by atoms with Crippen LogP contribution in [0.25, 0.3) is 0 Å². The lowest BCUT2D eigenvalue weighted by molar-refractivity contribution is -0.149. The molecule has 1 N–H and O–H groups in total. The van der Waals surface area contributed by atoms with Crippen molar-refractivity contribution in [1.82, 2.24) is 4.90 Å². The van der Waals surface area contributed by atoms with Crippen molar-refractivity contribution >= 4 is 23.8 Å². The van der Waals surface area contributed by atoms with Crippen molar-refractivity contribution in [2.75, 3.05) is 32.1 Å². The van der Waals surface area contributed by atoms with E-state index < -0.39 is 18.2 Å². The molecular formula is C31H36FNO6S. The summed E-state index contributed by atoms with van der Waals surface area (Å²) in [5.74, 6) is 0.224. The maximum atomic E-state index is 13.2. The van der Waals surface area contributed by atoms with E-state index >= 15 is 0 Å². The van der Waals surface area contributed by atoms with Gasteiger partial charge in [-0.2, -0.15) is 0 Å². The van der Waals surface area contributed by atoms with Crippen LogP contribution in [0.2, 0.25) is 0 Å². The lowest BCUT2D eigenvalue weighted by Crippen LogP contribution is -2.36. The van der Waals surface area contributed by atoms with E-state index in [0.717, 1.165) is 24.2 Å². The normalized spacial score (nSPS) is 11.6. The van der Waals surface area contributed by atoms with Crippen LogP contribution in [-0.4, -0.2) is 60.2 Å². The van der Waals surface area contributed by atoms with E-state index in [0.29, 0.717) is 31.0 Å². The molecule has 214 valence electrons. The highest BCUT2D eigenvalue weighted by atomic mass is 32.2. The minimum atomic E-state index is -0.993. The number of hydrogen-bond donors (Lipinski definition) is 1. The molecule has 0 aliphatic heterocycles. The molecule has 0 aromatic heterocycles. The fraction of sp³-hybridized carbons (Fsp3) is 0.355. The molecule has 1 amide bonds. The summed E-state index contributed by atoms with van der Waals surface area (Å²) in [6.07, 6.45) is 0.666. The number of carboxylic acids is 1. The topological polar surface area (TPSA) is 85.3 Å². The van der Waals surface area contributed by atoms with Crippen LogP contribution in [0, 0.1) is 5.82 Å². The van der Waals surface area contributed by atoms with E-state index in [9.17, 15) is 19.1 Å². The van der Waals surface area contributed by atoms with Crippen molar-refractivity contribution < 1.29 is 33.3 Å². The van der Waals surface area contributed by atoms with Gasteiger partial charge in [-0.3, -0.25) is 0 Å². The third-order valence-electron chi connectivity index (χ3n) is 5.99. The number of nitrogens with zero attached hydrogens (tertiary/aromatic N) is 1. The number of carbonyl (C=O) groups is 2. The van der Waals surface area contributed by atoms with E-state index in [1.54, 1.807) is 47.9 Å². The van der Waals surface area contributed by atoms with E-state index in [1.807, 2.05) is 30.3 Å². The summed E-state index contributed by atoms with van der Waals surface area (Å²) < 4.78 is 29.8. The Kier molecular flexibility index (Phi) is 13.3. The van der Waals surface area contributed by atoms with Gasteiger partial charge in [0.05, 0.1) is 6.54 Å². The van der Waals surface area contributed by atoms with E-state index in [2.05, 4.69) is 12.1 Å². The molecule has 40 heavy (non-hydrogen) atoms. The monoisotopic (exact) mass is 569 g/mol. The summed E-state index contributed by atoms with van der Waals surface area (Å²) in [5.41, 5.74) is 1.53. The van der Waals surface area contributed by atoms with Gasteiger partial charge in [0, 0.05) is 24.5 Å². The number of rotatable bonds is 17. The van der Waals surface area contributed by atoms with Crippen LogP contribution < -0.4 is 4.74 Å². The fourth-order valence-corrected chi connectivity index (χ4v) is 4.78. The second-order valence-electron chi connectivity index (χ2n) is 9.02. The Morgan fingerprint density at radius 2 is 1.62 bits per heavy atom. The molecule has 3 aromatic carbocycles. The molecule has 0 aliphatic rings. The number of ether oxygens (including phenoxy) is 3. The molecule has 0 saturated heterocycles.